The maximum Gasteiger partial charge on any atom is 0.217 e. The second-order valence-electron chi connectivity index (χ2n) is 0.599. The van der Waals surface area contributed by atoms with Crippen LogP contribution in [0.15, 0.2) is 9.98 Å². The normalized spacial score (nSPS) is 6.67. The molecule has 0 saturated carbocycles. The van der Waals surface area contributed by atoms with Gasteiger partial charge >= 0.3 is 0 Å². The van der Waals surface area contributed by atoms with Crippen LogP contribution >= 0.6 is 12.2 Å². The first kappa shape index (κ1) is 5.43. The summed E-state index contributed by atoms with van der Waals surface area (Å²) in [5.41, 5.74) is 0. The fourth-order valence-corrected chi connectivity index (χ4v) is 0.0500. The van der Waals surface area contributed by atoms with Gasteiger partial charge in [0.2, 0.25) is 5.11 Å². The summed E-state index contributed by atoms with van der Waals surface area (Å²) in [7, 11) is 0. The third-order valence-electron chi connectivity index (χ3n) is 0.271. The fourth-order valence-electron chi connectivity index (χ4n) is 0.0500. The molecular formula is C3H4N2S. The van der Waals surface area contributed by atoms with Crippen LogP contribution in [0.2, 0.25) is 0 Å². The van der Waals surface area contributed by atoms with Crippen LogP contribution in [0.25, 0.3) is 0 Å². The summed E-state index contributed by atoms with van der Waals surface area (Å²) in [5.74, 6) is 0. The quantitative estimate of drug-likeness (QED) is 0.324. The van der Waals surface area contributed by atoms with Gasteiger partial charge < -0.3 is 0 Å². The Morgan fingerprint density at radius 1 is 1.33 bits per heavy atom. The first-order valence-electron chi connectivity index (χ1n) is 1.28. The highest BCUT2D eigenvalue weighted by Crippen LogP contribution is 1.73. The topological polar surface area (TPSA) is 24.7 Å². The standard InChI is InChI=1S/C3H4N2S/c1-4-3(6)5-2/h1-2H2. The van der Waals surface area contributed by atoms with E-state index in [4.69, 9.17) is 0 Å². The van der Waals surface area contributed by atoms with Gasteiger partial charge in [0, 0.05) is 0 Å². The van der Waals surface area contributed by atoms with Crippen LogP contribution in [0, 0.1) is 0 Å². The summed E-state index contributed by atoms with van der Waals surface area (Å²) in [4.78, 5) is 6.52. The van der Waals surface area contributed by atoms with Gasteiger partial charge in [-0.25, -0.2) is 9.98 Å². The summed E-state index contributed by atoms with van der Waals surface area (Å²) < 4.78 is 0. The van der Waals surface area contributed by atoms with Crippen molar-refractivity contribution in [1.82, 2.24) is 0 Å². The Hall–Kier alpha value is -0.570. The summed E-state index contributed by atoms with van der Waals surface area (Å²) >= 11 is 4.40. The zero-order valence-electron chi connectivity index (χ0n) is 3.22. The Labute approximate surface area is 41.6 Å². The van der Waals surface area contributed by atoms with Gasteiger partial charge in [0.1, 0.15) is 0 Å². The molecule has 0 amide bonds. The molecule has 0 aliphatic rings. The third kappa shape index (κ3) is 1.72. The van der Waals surface area contributed by atoms with Gasteiger partial charge in [-0.3, -0.25) is 0 Å². The highest BCUT2D eigenvalue weighted by molar-refractivity contribution is 7.80. The number of nitrogens with zero attached hydrogens (tertiary/aromatic N) is 2. The van der Waals surface area contributed by atoms with Gasteiger partial charge in [-0.1, -0.05) is 0 Å². The van der Waals surface area contributed by atoms with E-state index >= 15 is 0 Å². The van der Waals surface area contributed by atoms with Gasteiger partial charge in [-0.05, 0) is 25.7 Å². The molecule has 0 unspecified atom stereocenters. The zero-order valence-corrected chi connectivity index (χ0v) is 4.03. The van der Waals surface area contributed by atoms with Crippen molar-refractivity contribution in [2.24, 2.45) is 9.98 Å². The minimum absolute atomic E-state index is 0.204. The highest BCUT2D eigenvalue weighted by Gasteiger charge is 1.71. The number of aliphatic imine (C=N–C) groups is 2. The van der Waals surface area contributed by atoms with E-state index < -0.39 is 0 Å². The molecular weight excluding hydrogens is 96.1 g/mol. The van der Waals surface area contributed by atoms with E-state index in [9.17, 15) is 0 Å². The zero-order chi connectivity index (χ0) is 4.99. The van der Waals surface area contributed by atoms with Gasteiger partial charge in [0.25, 0.3) is 0 Å². The number of hydrogen-bond donors (Lipinski definition) is 0. The predicted octanol–water partition coefficient (Wildman–Crippen LogP) is 0.672. The summed E-state index contributed by atoms with van der Waals surface area (Å²) in [6.07, 6.45) is 0. The van der Waals surface area contributed by atoms with Crippen LogP contribution in [-0.2, 0) is 0 Å². The first-order valence-corrected chi connectivity index (χ1v) is 1.69. The van der Waals surface area contributed by atoms with Crippen LogP contribution in [-0.4, -0.2) is 18.5 Å². The van der Waals surface area contributed by atoms with Crippen LogP contribution in [0.3, 0.4) is 0 Å². The Balaban J connectivity index is 3.52. The average molecular weight is 100 g/mol. The van der Waals surface area contributed by atoms with E-state index in [0.29, 0.717) is 0 Å². The molecule has 0 saturated heterocycles. The van der Waals surface area contributed by atoms with E-state index in [1.165, 1.54) is 0 Å². The molecule has 0 fully saturated rings. The van der Waals surface area contributed by atoms with Crippen molar-refractivity contribution >= 4 is 30.8 Å². The molecule has 0 atom stereocenters. The van der Waals surface area contributed by atoms with Gasteiger partial charge in [-0.15, -0.1) is 0 Å². The lowest BCUT2D eigenvalue weighted by molar-refractivity contribution is 1.67. The van der Waals surface area contributed by atoms with Crippen LogP contribution in [0.4, 0.5) is 0 Å². The number of hydrogen-bond acceptors (Lipinski definition) is 1. The molecule has 3 heteroatoms. The Morgan fingerprint density at radius 2 is 1.67 bits per heavy atom. The van der Waals surface area contributed by atoms with Crippen molar-refractivity contribution in [3.63, 3.8) is 0 Å². The molecule has 0 rings (SSSR count). The molecule has 0 heterocycles. The molecule has 0 bridgehead atoms. The molecule has 32 valence electrons. The van der Waals surface area contributed by atoms with E-state index in [2.05, 4.69) is 35.6 Å². The van der Waals surface area contributed by atoms with E-state index in [-0.39, 0.29) is 5.11 Å². The Bertz CT molecular complexity index is 76.8. The van der Waals surface area contributed by atoms with Crippen molar-refractivity contribution in [2.75, 3.05) is 0 Å². The van der Waals surface area contributed by atoms with Crippen molar-refractivity contribution < 1.29 is 0 Å². The Kier molecular flexibility index (Phi) is 2.40. The maximum absolute atomic E-state index is 4.40. The molecule has 2 nitrogen and oxygen atoms in total. The lowest BCUT2D eigenvalue weighted by atomic mass is 11.1. The van der Waals surface area contributed by atoms with E-state index in [1.54, 1.807) is 0 Å². The van der Waals surface area contributed by atoms with Gasteiger partial charge in [0.05, 0.1) is 0 Å². The molecule has 6 heavy (non-hydrogen) atoms. The lowest BCUT2D eigenvalue weighted by Gasteiger charge is -1.73. The minimum Gasteiger partial charge on any atom is -0.235 e. The molecule has 0 aromatic heterocycles. The van der Waals surface area contributed by atoms with E-state index in [0.717, 1.165) is 0 Å². The van der Waals surface area contributed by atoms with Crippen molar-refractivity contribution in [1.29, 1.82) is 0 Å². The van der Waals surface area contributed by atoms with Gasteiger partial charge in [0.15, 0.2) is 0 Å². The monoisotopic (exact) mass is 100 g/mol. The van der Waals surface area contributed by atoms with Crippen LogP contribution in [0.1, 0.15) is 0 Å². The van der Waals surface area contributed by atoms with Crippen molar-refractivity contribution in [2.45, 2.75) is 0 Å². The maximum atomic E-state index is 4.40. The number of thiocarbonyl (C=S) groups is 1. The highest BCUT2D eigenvalue weighted by atomic mass is 32.1. The minimum atomic E-state index is 0.204. The SMILES string of the molecule is C=NC(=S)N=C. The second kappa shape index (κ2) is 2.66. The molecule has 0 aliphatic carbocycles. The van der Waals surface area contributed by atoms with Gasteiger partial charge in [-0.2, -0.15) is 0 Å². The van der Waals surface area contributed by atoms with Crippen LogP contribution in [0.5, 0.6) is 0 Å². The van der Waals surface area contributed by atoms with Crippen molar-refractivity contribution in [3.05, 3.63) is 0 Å². The summed E-state index contributed by atoms with van der Waals surface area (Å²) in [6, 6.07) is 0. The molecule has 0 N–H and O–H groups in total. The number of rotatable bonds is 0. The molecule has 0 aromatic carbocycles. The molecule has 0 aromatic rings. The second-order valence-corrected chi connectivity index (χ2v) is 0.964. The fraction of sp³-hybridized carbons (Fsp3) is 0. The summed E-state index contributed by atoms with van der Waals surface area (Å²) in [5, 5.41) is 0.204. The predicted molar refractivity (Wildman–Crippen MR) is 31.7 cm³/mol. The largest absolute Gasteiger partial charge is 0.235 e. The molecule has 0 aliphatic heterocycles. The van der Waals surface area contributed by atoms with Crippen molar-refractivity contribution in [3.8, 4) is 0 Å². The first-order chi connectivity index (χ1) is 2.81. The van der Waals surface area contributed by atoms with E-state index in [1.807, 2.05) is 0 Å². The smallest absolute Gasteiger partial charge is 0.217 e. The van der Waals surface area contributed by atoms with Crippen LogP contribution < -0.4 is 0 Å². The summed E-state index contributed by atoms with van der Waals surface area (Å²) in [6.45, 7) is 6.21. The molecule has 0 radical (unpaired) electrons. The average Bonchev–Trinajstić information content (AvgIpc) is 1.65. The molecule has 0 spiro atoms. The lowest BCUT2D eigenvalue weighted by Crippen LogP contribution is -1.75. The third-order valence-corrected chi connectivity index (χ3v) is 0.529. The Morgan fingerprint density at radius 3 is 1.67 bits per heavy atom.